The zero-order valence-corrected chi connectivity index (χ0v) is 11.0. The number of thiazole rings is 1. The number of rotatable bonds is 2. The van der Waals surface area contributed by atoms with Crippen molar-refractivity contribution in [1.82, 2.24) is 9.97 Å². The fourth-order valence-electron chi connectivity index (χ4n) is 1.18. The van der Waals surface area contributed by atoms with E-state index in [1.165, 1.54) is 0 Å². The summed E-state index contributed by atoms with van der Waals surface area (Å²) in [5.41, 5.74) is 0.688. The maximum absolute atomic E-state index is 5.85. The number of fused-ring (bicyclic) bond motifs is 1. The van der Waals surface area contributed by atoms with Crippen LogP contribution in [0.3, 0.4) is 0 Å². The molecule has 86 valence electrons. The van der Waals surface area contributed by atoms with E-state index in [0.29, 0.717) is 11.6 Å². The van der Waals surface area contributed by atoms with E-state index in [1.807, 2.05) is 26.8 Å². The summed E-state index contributed by atoms with van der Waals surface area (Å²) >= 11 is 7.39. The minimum Gasteiger partial charge on any atom is -0.369 e. The Balaban J connectivity index is 2.20. The lowest BCUT2D eigenvalue weighted by molar-refractivity contribution is -0.0149. The highest BCUT2D eigenvalue weighted by Gasteiger charge is 2.12. The van der Waals surface area contributed by atoms with Crippen LogP contribution < -0.4 is 0 Å². The van der Waals surface area contributed by atoms with Gasteiger partial charge in [0, 0.05) is 6.20 Å². The zero-order chi connectivity index (χ0) is 11.8. The highest BCUT2D eigenvalue weighted by Crippen LogP contribution is 2.24. The highest BCUT2D eigenvalue weighted by atomic mass is 35.5. The van der Waals surface area contributed by atoms with Gasteiger partial charge in [-0.3, -0.25) is 0 Å². The summed E-state index contributed by atoms with van der Waals surface area (Å²) in [5, 5.41) is 1.54. The van der Waals surface area contributed by atoms with Crippen molar-refractivity contribution in [2.45, 2.75) is 33.0 Å². The molecule has 0 saturated carbocycles. The lowest BCUT2D eigenvalue weighted by atomic mass is 10.2. The van der Waals surface area contributed by atoms with Crippen molar-refractivity contribution in [3.63, 3.8) is 0 Å². The molecule has 0 aliphatic carbocycles. The molecule has 0 amide bonds. The van der Waals surface area contributed by atoms with Crippen LogP contribution >= 0.6 is 22.9 Å². The zero-order valence-electron chi connectivity index (χ0n) is 9.45. The molecule has 0 fully saturated rings. The van der Waals surface area contributed by atoms with Gasteiger partial charge in [0.05, 0.1) is 17.2 Å². The molecule has 2 heterocycles. The lowest BCUT2D eigenvalue weighted by Crippen LogP contribution is -2.18. The summed E-state index contributed by atoms with van der Waals surface area (Å²) in [6.07, 6.45) is 1.64. The molecule has 0 aliphatic rings. The minimum absolute atomic E-state index is 0.150. The normalized spacial score (nSPS) is 12.2. The molecule has 5 heteroatoms. The van der Waals surface area contributed by atoms with Gasteiger partial charge in [0.1, 0.15) is 15.4 Å². The molecule has 0 N–H and O–H groups in total. The number of hydrogen-bond acceptors (Lipinski definition) is 4. The van der Waals surface area contributed by atoms with Crippen molar-refractivity contribution in [2.24, 2.45) is 0 Å². The Bertz CT molecular complexity index is 504. The molecular formula is C11H13ClN2OS. The third kappa shape index (κ3) is 2.90. The van der Waals surface area contributed by atoms with Crippen LogP contribution in [0.4, 0.5) is 0 Å². The minimum atomic E-state index is -0.150. The van der Waals surface area contributed by atoms with Crippen LogP contribution in [0, 0.1) is 0 Å². The summed E-state index contributed by atoms with van der Waals surface area (Å²) in [4.78, 5) is 9.54. The van der Waals surface area contributed by atoms with Crippen molar-refractivity contribution in [3.05, 3.63) is 22.3 Å². The summed E-state index contributed by atoms with van der Waals surface area (Å²) in [6, 6.07) is 1.82. The fraction of sp³-hybridized carbons (Fsp3) is 0.455. The van der Waals surface area contributed by atoms with E-state index in [-0.39, 0.29) is 5.60 Å². The summed E-state index contributed by atoms with van der Waals surface area (Å²) < 4.78 is 5.66. The molecule has 3 nitrogen and oxygen atoms in total. The predicted octanol–water partition coefficient (Wildman–Crippen LogP) is 3.66. The van der Waals surface area contributed by atoms with Crippen molar-refractivity contribution in [3.8, 4) is 0 Å². The van der Waals surface area contributed by atoms with Gasteiger partial charge in [0.15, 0.2) is 0 Å². The average Bonchev–Trinajstić information content (AvgIpc) is 2.55. The molecule has 0 unspecified atom stereocenters. The van der Waals surface area contributed by atoms with Crippen molar-refractivity contribution in [2.75, 3.05) is 0 Å². The monoisotopic (exact) mass is 256 g/mol. The molecule has 0 spiro atoms. The fourth-order valence-corrected chi connectivity index (χ4v) is 2.14. The van der Waals surface area contributed by atoms with Crippen LogP contribution in [-0.2, 0) is 11.3 Å². The van der Waals surface area contributed by atoms with Gasteiger partial charge in [0.25, 0.3) is 0 Å². The van der Waals surface area contributed by atoms with E-state index in [0.717, 1.165) is 15.4 Å². The second-order valence-electron chi connectivity index (χ2n) is 4.49. The maximum atomic E-state index is 5.85. The van der Waals surface area contributed by atoms with Crippen molar-refractivity contribution in [1.29, 1.82) is 0 Å². The molecule has 0 saturated heterocycles. The van der Waals surface area contributed by atoms with Crippen LogP contribution in [0.5, 0.6) is 0 Å². The molecule has 0 aliphatic heterocycles. The second-order valence-corrected chi connectivity index (χ2v) is 5.98. The van der Waals surface area contributed by atoms with Crippen LogP contribution in [0.1, 0.15) is 25.8 Å². The first-order valence-corrected chi connectivity index (χ1v) is 6.18. The molecule has 0 radical (unpaired) electrons. The maximum Gasteiger partial charge on any atom is 0.143 e. The standard InChI is InChI=1S/C11H13ClN2OS/c1-11(2,3)15-6-9-14-8-4-7(12)5-13-10(8)16-9/h4-5H,6H2,1-3H3. The van der Waals surface area contributed by atoms with Crippen LogP contribution in [-0.4, -0.2) is 15.6 Å². The molecule has 0 aromatic carbocycles. The van der Waals surface area contributed by atoms with E-state index < -0.39 is 0 Å². The van der Waals surface area contributed by atoms with Gasteiger partial charge in [-0.2, -0.15) is 0 Å². The first-order chi connectivity index (χ1) is 7.44. The summed E-state index contributed by atoms with van der Waals surface area (Å²) in [7, 11) is 0. The number of aromatic nitrogens is 2. The molecule has 2 rings (SSSR count). The van der Waals surface area contributed by atoms with Crippen molar-refractivity contribution < 1.29 is 4.74 Å². The topological polar surface area (TPSA) is 35.0 Å². The Morgan fingerprint density at radius 1 is 1.44 bits per heavy atom. The van der Waals surface area contributed by atoms with Gasteiger partial charge in [-0.05, 0) is 26.8 Å². The Morgan fingerprint density at radius 2 is 2.19 bits per heavy atom. The Hall–Kier alpha value is -0.710. The van der Waals surface area contributed by atoms with Gasteiger partial charge in [-0.25, -0.2) is 9.97 Å². The van der Waals surface area contributed by atoms with Gasteiger partial charge in [-0.15, -0.1) is 0 Å². The Kier molecular flexibility index (Phi) is 3.15. The molecule has 16 heavy (non-hydrogen) atoms. The van der Waals surface area contributed by atoms with Gasteiger partial charge in [0.2, 0.25) is 0 Å². The Labute approximate surface area is 103 Å². The smallest absolute Gasteiger partial charge is 0.143 e. The lowest BCUT2D eigenvalue weighted by Gasteiger charge is -2.18. The summed E-state index contributed by atoms with van der Waals surface area (Å²) in [6.45, 7) is 6.59. The third-order valence-corrected chi connectivity index (χ3v) is 3.05. The van der Waals surface area contributed by atoms with E-state index >= 15 is 0 Å². The van der Waals surface area contributed by atoms with E-state index in [4.69, 9.17) is 16.3 Å². The third-order valence-electron chi connectivity index (χ3n) is 1.89. The van der Waals surface area contributed by atoms with E-state index in [9.17, 15) is 0 Å². The molecule has 0 atom stereocenters. The number of halogens is 1. The van der Waals surface area contributed by atoms with Crippen molar-refractivity contribution >= 4 is 33.3 Å². The van der Waals surface area contributed by atoms with Crippen LogP contribution in [0.15, 0.2) is 12.3 Å². The van der Waals surface area contributed by atoms with Crippen LogP contribution in [0.2, 0.25) is 5.02 Å². The Morgan fingerprint density at radius 3 is 2.88 bits per heavy atom. The van der Waals surface area contributed by atoms with Gasteiger partial charge >= 0.3 is 0 Å². The molecule has 2 aromatic heterocycles. The first-order valence-electron chi connectivity index (χ1n) is 4.99. The van der Waals surface area contributed by atoms with Gasteiger partial charge < -0.3 is 4.74 Å². The van der Waals surface area contributed by atoms with Crippen LogP contribution in [0.25, 0.3) is 10.3 Å². The highest BCUT2D eigenvalue weighted by molar-refractivity contribution is 7.18. The molecular weight excluding hydrogens is 244 g/mol. The average molecular weight is 257 g/mol. The second kappa shape index (κ2) is 4.28. The quantitative estimate of drug-likeness (QED) is 0.823. The van der Waals surface area contributed by atoms with E-state index in [1.54, 1.807) is 17.5 Å². The van der Waals surface area contributed by atoms with E-state index in [2.05, 4.69) is 9.97 Å². The number of ether oxygens (including phenoxy) is 1. The predicted molar refractivity (Wildman–Crippen MR) is 67.0 cm³/mol. The molecule has 2 aromatic rings. The molecule has 0 bridgehead atoms. The largest absolute Gasteiger partial charge is 0.369 e. The number of nitrogens with zero attached hydrogens (tertiary/aromatic N) is 2. The first kappa shape index (κ1) is 11.8. The number of hydrogen-bond donors (Lipinski definition) is 0. The number of pyridine rings is 1. The van der Waals surface area contributed by atoms with Gasteiger partial charge in [-0.1, -0.05) is 22.9 Å². The summed E-state index contributed by atoms with van der Waals surface area (Å²) in [5.74, 6) is 0. The SMILES string of the molecule is CC(C)(C)OCc1nc2cc(Cl)cnc2s1.